The number of nitrogens with zero attached hydrogens (tertiary/aromatic N) is 1. The first-order valence-electron chi connectivity index (χ1n) is 9.91. The van der Waals surface area contributed by atoms with E-state index in [1.165, 1.54) is 5.56 Å². The second kappa shape index (κ2) is 7.71. The topological polar surface area (TPSA) is 78.5 Å². The largest absolute Gasteiger partial charge is 0.325 e. The first kappa shape index (κ1) is 19.4. The van der Waals surface area contributed by atoms with E-state index >= 15 is 0 Å². The summed E-state index contributed by atoms with van der Waals surface area (Å²) in [5, 5.41) is 5.66. The molecule has 3 rings (SSSR count). The van der Waals surface area contributed by atoms with Crippen LogP contribution in [-0.4, -0.2) is 34.8 Å². The maximum atomic E-state index is 12.9. The lowest BCUT2D eigenvalue weighted by molar-refractivity contribution is -0.136. The van der Waals surface area contributed by atoms with Crippen molar-refractivity contribution in [2.24, 2.45) is 5.92 Å². The lowest BCUT2D eigenvalue weighted by Gasteiger charge is -2.36. The summed E-state index contributed by atoms with van der Waals surface area (Å²) in [6.07, 6.45) is 4.60. The van der Waals surface area contributed by atoms with E-state index < -0.39 is 11.6 Å². The van der Waals surface area contributed by atoms with E-state index in [4.69, 9.17) is 0 Å². The van der Waals surface area contributed by atoms with E-state index in [9.17, 15) is 14.4 Å². The molecule has 1 aliphatic carbocycles. The Morgan fingerprint density at radius 1 is 1.30 bits per heavy atom. The number of imide groups is 1. The second-order valence-corrected chi connectivity index (χ2v) is 7.92. The molecule has 2 aliphatic rings. The molecule has 4 amide bonds. The monoisotopic (exact) mass is 371 g/mol. The van der Waals surface area contributed by atoms with Gasteiger partial charge in [-0.3, -0.25) is 14.5 Å². The lowest BCUT2D eigenvalue weighted by atomic mass is 9.73. The van der Waals surface area contributed by atoms with Crippen LogP contribution >= 0.6 is 0 Å². The van der Waals surface area contributed by atoms with Crippen LogP contribution in [-0.2, 0) is 9.59 Å². The molecule has 2 fully saturated rings. The Bertz CT molecular complexity index is 731. The van der Waals surface area contributed by atoms with Crippen molar-refractivity contribution in [3.05, 3.63) is 29.8 Å². The highest BCUT2D eigenvalue weighted by molar-refractivity contribution is 6.10. The molecule has 1 spiro atoms. The van der Waals surface area contributed by atoms with Gasteiger partial charge in [-0.2, -0.15) is 0 Å². The smallest absolute Gasteiger partial charge is 0.325 e. The average molecular weight is 371 g/mol. The zero-order valence-corrected chi connectivity index (χ0v) is 16.4. The predicted molar refractivity (Wildman–Crippen MR) is 104 cm³/mol. The van der Waals surface area contributed by atoms with Gasteiger partial charge in [0.2, 0.25) is 5.91 Å². The van der Waals surface area contributed by atoms with Crippen LogP contribution in [0.3, 0.4) is 0 Å². The average Bonchev–Trinajstić information content (AvgIpc) is 2.89. The van der Waals surface area contributed by atoms with E-state index in [0.717, 1.165) is 30.6 Å². The third-order valence-corrected chi connectivity index (χ3v) is 6.18. The van der Waals surface area contributed by atoms with Gasteiger partial charge in [0.25, 0.3) is 5.91 Å². The summed E-state index contributed by atoms with van der Waals surface area (Å²) in [4.78, 5) is 38.7. The molecule has 1 aliphatic heterocycles. The Kier molecular flexibility index (Phi) is 5.53. The molecular formula is C21H29N3O3. The summed E-state index contributed by atoms with van der Waals surface area (Å²) in [5.41, 5.74) is 1.06. The van der Waals surface area contributed by atoms with Crippen molar-refractivity contribution < 1.29 is 14.4 Å². The number of benzene rings is 1. The van der Waals surface area contributed by atoms with Crippen LogP contribution in [0.25, 0.3) is 0 Å². The third-order valence-electron chi connectivity index (χ3n) is 6.18. The fraction of sp³-hybridized carbons (Fsp3) is 0.571. The fourth-order valence-electron chi connectivity index (χ4n) is 4.11. The molecule has 3 atom stereocenters. The molecule has 1 saturated carbocycles. The number of anilines is 1. The second-order valence-electron chi connectivity index (χ2n) is 7.92. The highest BCUT2D eigenvalue weighted by Gasteiger charge is 2.55. The lowest BCUT2D eigenvalue weighted by Crippen LogP contribution is -2.54. The van der Waals surface area contributed by atoms with Crippen LogP contribution in [0.4, 0.5) is 10.5 Å². The molecular weight excluding hydrogens is 342 g/mol. The third kappa shape index (κ3) is 3.70. The Balaban J connectivity index is 1.64. The molecule has 6 heteroatoms. The van der Waals surface area contributed by atoms with Crippen LogP contribution in [0.2, 0.25) is 0 Å². The van der Waals surface area contributed by atoms with Gasteiger partial charge in [0.05, 0.1) is 0 Å². The van der Waals surface area contributed by atoms with Crippen molar-refractivity contribution in [1.29, 1.82) is 0 Å². The molecule has 2 N–H and O–H groups in total. The van der Waals surface area contributed by atoms with E-state index in [0.29, 0.717) is 18.0 Å². The normalized spacial score (nSPS) is 26.2. The number of amides is 4. The van der Waals surface area contributed by atoms with Gasteiger partial charge in [-0.1, -0.05) is 45.7 Å². The number of carbonyl (C=O) groups is 3. The van der Waals surface area contributed by atoms with Gasteiger partial charge in [-0.25, -0.2) is 4.79 Å². The number of carbonyl (C=O) groups excluding carboxylic acids is 3. The van der Waals surface area contributed by atoms with Gasteiger partial charge in [-0.15, -0.1) is 0 Å². The van der Waals surface area contributed by atoms with Crippen LogP contribution < -0.4 is 10.6 Å². The number of nitrogens with one attached hydrogen (secondary N) is 2. The summed E-state index contributed by atoms with van der Waals surface area (Å²) >= 11 is 0. The summed E-state index contributed by atoms with van der Waals surface area (Å²) in [7, 11) is 0. The summed E-state index contributed by atoms with van der Waals surface area (Å²) in [6.45, 7) is 6.04. The highest BCUT2D eigenvalue weighted by Crippen LogP contribution is 2.38. The van der Waals surface area contributed by atoms with Crippen molar-refractivity contribution in [2.45, 2.75) is 64.3 Å². The maximum absolute atomic E-state index is 12.9. The number of rotatable bonds is 5. The highest BCUT2D eigenvalue weighted by atomic mass is 16.2. The van der Waals surface area contributed by atoms with Crippen molar-refractivity contribution in [2.75, 3.05) is 11.9 Å². The first-order chi connectivity index (χ1) is 12.9. The fourth-order valence-corrected chi connectivity index (χ4v) is 4.11. The molecule has 3 unspecified atom stereocenters. The van der Waals surface area contributed by atoms with Crippen LogP contribution in [0, 0.1) is 5.92 Å². The van der Waals surface area contributed by atoms with Crippen LogP contribution in [0.15, 0.2) is 24.3 Å². The van der Waals surface area contributed by atoms with Crippen molar-refractivity contribution in [1.82, 2.24) is 10.2 Å². The molecule has 0 aromatic heterocycles. The van der Waals surface area contributed by atoms with Gasteiger partial charge in [0, 0.05) is 5.69 Å². The molecule has 1 heterocycles. The van der Waals surface area contributed by atoms with Crippen molar-refractivity contribution in [3.63, 3.8) is 0 Å². The first-order valence-corrected chi connectivity index (χ1v) is 9.91. The number of hydrogen-bond acceptors (Lipinski definition) is 3. The van der Waals surface area contributed by atoms with Gasteiger partial charge in [-0.05, 0) is 48.8 Å². The van der Waals surface area contributed by atoms with Crippen LogP contribution in [0.5, 0.6) is 0 Å². The standard InChI is InChI=1S/C21H29N3O3/c1-4-14(2)16-8-10-17(11-9-16)22-18(25)13-24-19(26)21(23-20(24)27)12-6-5-7-15(21)3/h8-11,14-15H,4-7,12-13H2,1-3H3,(H,22,25)(H,23,27). The molecule has 1 aromatic rings. The predicted octanol–water partition coefficient (Wildman–Crippen LogP) is 3.64. The molecule has 6 nitrogen and oxygen atoms in total. The minimum Gasteiger partial charge on any atom is -0.325 e. The van der Waals surface area contributed by atoms with Gasteiger partial charge in [0.1, 0.15) is 12.1 Å². The Morgan fingerprint density at radius 2 is 2.00 bits per heavy atom. The zero-order valence-electron chi connectivity index (χ0n) is 16.4. The van der Waals surface area contributed by atoms with Gasteiger partial charge < -0.3 is 10.6 Å². The van der Waals surface area contributed by atoms with Crippen molar-refractivity contribution in [3.8, 4) is 0 Å². The Morgan fingerprint density at radius 3 is 2.63 bits per heavy atom. The molecule has 0 bridgehead atoms. The number of urea groups is 1. The maximum Gasteiger partial charge on any atom is 0.325 e. The summed E-state index contributed by atoms with van der Waals surface area (Å²) in [6, 6.07) is 7.24. The summed E-state index contributed by atoms with van der Waals surface area (Å²) in [5.74, 6) is -0.0736. The molecule has 1 aromatic carbocycles. The van der Waals surface area contributed by atoms with Gasteiger partial charge in [0.15, 0.2) is 0 Å². The van der Waals surface area contributed by atoms with E-state index in [2.05, 4.69) is 24.5 Å². The Labute approximate surface area is 160 Å². The molecule has 146 valence electrons. The van der Waals surface area contributed by atoms with E-state index in [1.54, 1.807) is 0 Å². The summed E-state index contributed by atoms with van der Waals surface area (Å²) < 4.78 is 0. The zero-order chi connectivity index (χ0) is 19.6. The van der Waals surface area contributed by atoms with E-state index in [1.807, 2.05) is 31.2 Å². The molecule has 0 radical (unpaired) electrons. The number of hydrogen-bond donors (Lipinski definition) is 2. The Hall–Kier alpha value is -2.37. The van der Waals surface area contributed by atoms with E-state index in [-0.39, 0.29) is 24.3 Å². The molecule has 27 heavy (non-hydrogen) atoms. The van der Waals surface area contributed by atoms with Crippen molar-refractivity contribution >= 4 is 23.5 Å². The van der Waals surface area contributed by atoms with Gasteiger partial charge >= 0.3 is 6.03 Å². The van der Waals surface area contributed by atoms with Crippen LogP contribution in [0.1, 0.15) is 64.4 Å². The molecule has 1 saturated heterocycles. The SMILES string of the molecule is CCC(C)c1ccc(NC(=O)CN2C(=O)NC3(CCCCC3C)C2=O)cc1. The minimum absolute atomic E-state index is 0.0869. The minimum atomic E-state index is -0.826. The quantitative estimate of drug-likeness (QED) is 0.776.